The van der Waals surface area contributed by atoms with Gasteiger partial charge in [-0.25, -0.2) is 0 Å². The van der Waals surface area contributed by atoms with E-state index in [9.17, 15) is 0 Å². The molecule has 0 atom stereocenters. The second-order valence-corrected chi connectivity index (χ2v) is 6.38. The van der Waals surface area contributed by atoms with Crippen molar-refractivity contribution < 1.29 is 4.42 Å². The van der Waals surface area contributed by atoms with Crippen LogP contribution < -0.4 is 5.32 Å². The van der Waals surface area contributed by atoms with E-state index >= 15 is 0 Å². The summed E-state index contributed by atoms with van der Waals surface area (Å²) >= 11 is 0. The highest BCUT2D eigenvalue weighted by molar-refractivity contribution is 5.98. The number of hydrogen-bond donors (Lipinski definition) is 1. The quantitative estimate of drug-likeness (QED) is 0.384. The number of fused-ring (bicyclic) bond motifs is 2. The predicted octanol–water partition coefficient (Wildman–Crippen LogP) is 7.00. The summed E-state index contributed by atoms with van der Waals surface area (Å²) in [5.74, 6) is 0.898. The Morgan fingerprint density at radius 1 is 0.615 bits per heavy atom. The summed E-state index contributed by atoms with van der Waals surface area (Å²) < 4.78 is 6.01. The number of anilines is 2. The minimum Gasteiger partial charge on any atom is -0.456 e. The van der Waals surface area contributed by atoms with Gasteiger partial charge in [0.05, 0.1) is 0 Å². The van der Waals surface area contributed by atoms with E-state index in [0.29, 0.717) is 0 Å². The molecule has 0 aliphatic carbocycles. The van der Waals surface area contributed by atoms with Gasteiger partial charge in [-0.3, -0.25) is 0 Å². The molecule has 0 fully saturated rings. The highest BCUT2D eigenvalue weighted by Crippen LogP contribution is 2.32. The number of rotatable bonds is 3. The normalized spacial score (nSPS) is 11.1. The highest BCUT2D eigenvalue weighted by Gasteiger charge is 2.08. The van der Waals surface area contributed by atoms with Crippen molar-refractivity contribution in [3.63, 3.8) is 0 Å². The Kier molecular flexibility index (Phi) is 3.46. The average molecular weight is 335 g/mol. The number of hydrogen-bond acceptors (Lipinski definition) is 2. The second-order valence-electron chi connectivity index (χ2n) is 6.38. The molecule has 26 heavy (non-hydrogen) atoms. The molecular weight excluding hydrogens is 318 g/mol. The fourth-order valence-electron chi connectivity index (χ4n) is 3.35. The van der Waals surface area contributed by atoms with Crippen molar-refractivity contribution in [3.05, 3.63) is 97.1 Å². The van der Waals surface area contributed by atoms with Crippen LogP contribution in [0, 0.1) is 0 Å². The van der Waals surface area contributed by atoms with E-state index in [2.05, 4.69) is 66.0 Å². The third-order valence-corrected chi connectivity index (χ3v) is 4.64. The van der Waals surface area contributed by atoms with E-state index in [0.717, 1.165) is 33.7 Å². The molecule has 124 valence electrons. The SMILES string of the molecule is c1ccc(Nc2cccc3cc(-c4cc5ccccc5o4)ccc23)cc1. The van der Waals surface area contributed by atoms with Gasteiger partial charge in [0.2, 0.25) is 0 Å². The van der Waals surface area contributed by atoms with Crippen LogP contribution in [0.3, 0.4) is 0 Å². The topological polar surface area (TPSA) is 25.2 Å². The fourth-order valence-corrected chi connectivity index (χ4v) is 3.35. The van der Waals surface area contributed by atoms with Crippen molar-refractivity contribution >= 4 is 33.1 Å². The Morgan fingerprint density at radius 3 is 2.31 bits per heavy atom. The van der Waals surface area contributed by atoms with E-state index in [1.165, 1.54) is 10.8 Å². The Balaban J connectivity index is 1.58. The van der Waals surface area contributed by atoms with Gasteiger partial charge >= 0.3 is 0 Å². The van der Waals surface area contributed by atoms with E-state index < -0.39 is 0 Å². The Labute approximate surface area is 151 Å². The summed E-state index contributed by atoms with van der Waals surface area (Å²) in [6, 6.07) is 33.2. The zero-order valence-corrected chi connectivity index (χ0v) is 14.1. The van der Waals surface area contributed by atoms with Crippen molar-refractivity contribution in [1.29, 1.82) is 0 Å². The molecule has 5 rings (SSSR count). The zero-order valence-electron chi connectivity index (χ0n) is 14.1. The van der Waals surface area contributed by atoms with E-state index in [-0.39, 0.29) is 0 Å². The lowest BCUT2D eigenvalue weighted by Crippen LogP contribution is -1.91. The minimum absolute atomic E-state index is 0.898. The lowest BCUT2D eigenvalue weighted by atomic mass is 10.0. The van der Waals surface area contributed by atoms with Crippen LogP contribution in [0.25, 0.3) is 33.1 Å². The summed E-state index contributed by atoms with van der Waals surface area (Å²) in [7, 11) is 0. The molecule has 0 saturated carbocycles. The van der Waals surface area contributed by atoms with Crippen molar-refractivity contribution in [1.82, 2.24) is 0 Å². The van der Waals surface area contributed by atoms with Gasteiger partial charge in [0.25, 0.3) is 0 Å². The maximum absolute atomic E-state index is 6.01. The number of benzene rings is 4. The summed E-state index contributed by atoms with van der Waals surface area (Å²) in [5.41, 5.74) is 4.19. The standard InChI is InChI=1S/C24H17NO/c1-2-9-20(10-3-1)25-22-11-6-8-17-15-19(13-14-21(17)22)24-16-18-7-4-5-12-23(18)26-24/h1-16,25H. The zero-order chi connectivity index (χ0) is 17.3. The molecule has 0 aliphatic rings. The Hall–Kier alpha value is -3.52. The average Bonchev–Trinajstić information content (AvgIpc) is 3.13. The molecule has 0 bridgehead atoms. The van der Waals surface area contributed by atoms with Gasteiger partial charge in [0, 0.05) is 27.7 Å². The monoisotopic (exact) mass is 335 g/mol. The largest absolute Gasteiger partial charge is 0.456 e. The molecule has 2 nitrogen and oxygen atoms in total. The van der Waals surface area contributed by atoms with Crippen LogP contribution in [0.5, 0.6) is 0 Å². The summed E-state index contributed by atoms with van der Waals surface area (Å²) in [4.78, 5) is 0. The van der Waals surface area contributed by atoms with Crippen molar-refractivity contribution in [2.45, 2.75) is 0 Å². The van der Waals surface area contributed by atoms with Gasteiger partial charge in [-0.2, -0.15) is 0 Å². The van der Waals surface area contributed by atoms with Crippen LogP contribution in [0.15, 0.2) is 101 Å². The van der Waals surface area contributed by atoms with Crippen molar-refractivity contribution in [3.8, 4) is 11.3 Å². The maximum Gasteiger partial charge on any atom is 0.135 e. The van der Waals surface area contributed by atoms with Gasteiger partial charge in [0.1, 0.15) is 11.3 Å². The maximum atomic E-state index is 6.01. The van der Waals surface area contributed by atoms with E-state index in [1.54, 1.807) is 0 Å². The molecule has 4 aromatic carbocycles. The first-order valence-electron chi connectivity index (χ1n) is 8.71. The Bertz CT molecular complexity index is 1170. The smallest absolute Gasteiger partial charge is 0.135 e. The molecule has 5 aromatic rings. The molecule has 1 heterocycles. The number of nitrogens with one attached hydrogen (secondary N) is 1. The third kappa shape index (κ3) is 2.62. The van der Waals surface area contributed by atoms with Crippen LogP contribution in [0.2, 0.25) is 0 Å². The lowest BCUT2D eigenvalue weighted by Gasteiger charge is -2.10. The highest BCUT2D eigenvalue weighted by atomic mass is 16.3. The summed E-state index contributed by atoms with van der Waals surface area (Å²) in [6.07, 6.45) is 0. The fraction of sp³-hybridized carbons (Fsp3) is 0. The van der Waals surface area contributed by atoms with E-state index in [4.69, 9.17) is 4.42 Å². The minimum atomic E-state index is 0.898. The first-order chi connectivity index (χ1) is 12.9. The third-order valence-electron chi connectivity index (χ3n) is 4.64. The molecule has 0 spiro atoms. The molecule has 0 amide bonds. The van der Waals surface area contributed by atoms with Crippen LogP contribution in [0.1, 0.15) is 0 Å². The van der Waals surface area contributed by atoms with Crippen LogP contribution in [-0.2, 0) is 0 Å². The molecule has 1 aromatic heterocycles. The molecule has 2 heteroatoms. The molecule has 1 N–H and O–H groups in total. The molecule has 0 radical (unpaired) electrons. The van der Waals surface area contributed by atoms with Gasteiger partial charge in [-0.1, -0.05) is 60.7 Å². The van der Waals surface area contributed by atoms with Crippen LogP contribution in [-0.4, -0.2) is 0 Å². The molecular formula is C24H17NO. The summed E-state index contributed by atoms with van der Waals surface area (Å²) in [6.45, 7) is 0. The Morgan fingerprint density at radius 2 is 1.42 bits per heavy atom. The van der Waals surface area contributed by atoms with Gasteiger partial charge in [-0.05, 0) is 41.8 Å². The van der Waals surface area contributed by atoms with E-state index in [1.807, 2.05) is 36.4 Å². The number of furan rings is 1. The lowest BCUT2D eigenvalue weighted by molar-refractivity contribution is 0.631. The molecule has 0 aliphatic heterocycles. The number of para-hydroxylation sites is 2. The van der Waals surface area contributed by atoms with Gasteiger partial charge in [-0.15, -0.1) is 0 Å². The first-order valence-corrected chi connectivity index (χ1v) is 8.71. The first kappa shape index (κ1) is 14.8. The van der Waals surface area contributed by atoms with Crippen molar-refractivity contribution in [2.24, 2.45) is 0 Å². The van der Waals surface area contributed by atoms with Crippen LogP contribution >= 0.6 is 0 Å². The second kappa shape index (κ2) is 6.08. The van der Waals surface area contributed by atoms with Crippen LogP contribution in [0.4, 0.5) is 11.4 Å². The predicted molar refractivity (Wildman–Crippen MR) is 109 cm³/mol. The molecule has 0 unspecified atom stereocenters. The van der Waals surface area contributed by atoms with Gasteiger partial charge < -0.3 is 9.73 Å². The summed E-state index contributed by atoms with van der Waals surface area (Å²) in [5, 5.41) is 7.01. The van der Waals surface area contributed by atoms with Gasteiger partial charge in [0.15, 0.2) is 0 Å². The molecule has 0 saturated heterocycles. The van der Waals surface area contributed by atoms with Crippen molar-refractivity contribution in [2.75, 3.05) is 5.32 Å².